The maximum atomic E-state index is 12.9. The van der Waals surface area contributed by atoms with Crippen molar-refractivity contribution < 1.29 is 28.8 Å². The molecular formula is C20H20N2O7S. The number of benzene rings is 1. The third-order valence-corrected chi connectivity index (χ3v) is 5.94. The molecule has 1 aromatic heterocycles. The molecule has 2 aromatic rings. The second kappa shape index (κ2) is 7.86. The number of nitro benzene ring substituents is 1. The van der Waals surface area contributed by atoms with Crippen LogP contribution in [0.15, 0.2) is 30.3 Å². The molecule has 2 heterocycles. The minimum atomic E-state index is -0.985. The van der Waals surface area contributed by atoms with Crippen LogP contribution >= 0.6 is 11.3 Å². The molecule has 1 aliphatic rings. The van der Waals surface area contributed by atoms with Crippen LogP contribution in [-0.2, 0) is 9.53 Å². The van der Waals surface area contributed by atoms with Gasteiger partial charge in [0.15, 0.2) is 11.9 Å². The first-order chi connectivity index (χ1) is 14.0. The van der Waals surface area contributed by atoms with Crippen molar-refractivity contribution in [3.63, 3.8) is 0 Å². The summed E-state index contributed by atoms with van der Waals surface area (Å²) in [5, 5.41) is 13.7. The van der Waals surface area contributed by atoms with Crippen molar-refractivity contribution in [2.24, 2.45) is 0 Å². The van der Waals surface area contributed by atoms with E-state index in [2.05, 4.69) is 5.32 Å². The molecule has 0 fully saturated rings. The molecule has 0 radical (unpaired) electrons. The number of ketones is 1. The number of nitrogens with zero attached hydrogens (tertiary/aromatic N) is 1. The number of nitrogens with one attached hydrogen (secondary N) is 1. The first kappa shape index (κ1) is 21.4. The van der Waals surface area contributed by atoms with E-state index < -0.39 is 34.5 Å². The number of esters is 1. The van der Waals surface area contributed by atoms with Crippen LogP contribution in [0.4, 0.5) is 5.69 Å². The molecule has 0 aliphatic carbocycles. The standard InChI is InChI=1S/C20H20N2O7S/c1-10(23)15-9-14-17(30-15)16(18(28-11(2)24)20(3,4)29-14)21-19(25)12-5-7-13(8-6-12)22(26)27/h5-9,16,18H,1-4H3,(H,21,25). The topological polar surface area (TPSA) is 125 Å². The van der Waals surface area contributed by atoms with Gasteiger partial charge in [-0.25, -0.2) is 0 Å². The van der Waals surface area contributed by atoms with Gasteiger partial charge < -0.3 is 14.8 Å². The van der Waals surface area contributed by atoms with Crippen LogP contribution in [0.25, 0.3) is 0 Å². The fraction of sp³-hybridized carbons (Fsp3) is 0.350. The molecule has 1 N–H and O–H groups in total. The number of carbonyl (C=O) groups is 3. The Bertz CT molecular complexity index is 1030. The monoisotopic (exact) mass is 432 g/mol. The molecule has 0 saturated heterocycles. The molecule has 1 aromatic carbocycles. The second-order valence-electron chi connectivity index (χ2n) is 7.39. The molecule has 0 saturated carbocycles. The van der Waals surface area contributed by atoms with Gasteiger partial charge >= 0.3 is 5.97 Å². The third-order valence-electron chi connectivity index (χ3n) is 4.64. The minimum Gasteiger partial charge on any atom is -0.483 e. The van der Waals surface area contributed by atoms with Gasteiger partial charge in [0.2, 0.25) is 0 Å². The van der Waals surface area contributed by atoms with Gasteiger partial charge in [0.1, 0.15) is 17.4 Å². The molecule has 158 valence electrons. The Labute approximate surface area is 176 Å². The van der Waals surface area contributed by atoms with Crippen molar-refractivity contribution in [3.05, 3.63) is 55.8 Å². The number of hydrogen-bond acceptors (Lipinski definition) is 8. The smallest absolute Gasteiger partial charge is 0.303 e. The first-order valence-corrected chi connectivity index (χ1v) is 9.87. The Morgan fingerprint density at radius 2 is 1.83 bits per heavy atom. The zero-order valence-electron chi connectivity index (χ0n) is 16.8. The number of nitro groups is 1. The van der Waals surface area contributed by atoms with Crippen molar-refractivity contribution in [2.45, 2.75) is 45.4 Å². The molecule has 2 atom stereocenters. The molecular weight excluding hydrogens is 412 g/mol. The van der Waals surface area contributed by atoms with Gasteiger partial charge in [0.25, 0.3) is 11.6 Å². The van der Waals surface area contributed by atoms with E-state index in [1.165, 1.54) is 38.1 Å². The molecule has 2 unspecified atom stereocenters. The highest BCUT2D eigenvalue weighted by molar-refractivity contribution is 7.14. The van der Waals surface area contributed by atoms with Crippen molar-refractivity contribution >= 4 is 34.7 Å². The summed E-state index contributed by atoms with van der Waals surface area (Å²) in [7, 11) is 0. The van der Waals surface area contributed by atoms with Gasteiger partial charge in [-0.2, -0.15) is 0 Å². The van der Waals surface area contributed by atoms with Crippen LogP contribution in [0, 0.1) is 10.1 Å². The van der Waals surface area contributed by atoms with Crippen molar-refractivity contribution in [3.8, 4) is 5.75 Å². The number of carbonyl (C=O) groups excluding carboxylic acids is 3. The van der Waals surface area contributed by atoms with Crippen LogP contribution in [0.3, 0.4) is 0 Å². The lowest BCUT2D eigenvalue weighted by Gasteiger charge is -2.42. The fourth-order valence-corrected chi connectivity index (χ4v) is 4.29. The van der Waals surface area contributed by atoms with Crippen LogP contribution in [0.1, 0.15) is 58.6 Å². The number of rotatable bonds is 5. The summed E-state index contributed by atoms with van der Waals surface area (Å²) in [5.74, 6) is -0.764. The summed E-state index contributed by atoms with van der Waals surface area (Å²) in [5.41, 5.74) is -0.916. The molecule has 1 amide bonds. The van der Waals surface area contributed by atoms with Gasteiger partial charge in [-0.1, -0.05) is 0 Å². The highest BCUT2D eigenvalue weighted by Crippen LogP contribution is 2.46. The highest BCUT2D eigenvalue weighted by Gasteiger charge is 2.48. The molecule has 9 nitrogen and oxygen atoms in total. The first-order valence-electron chi connectivity index (χ1n) is 9.06. The van der Waals surface area contributed by atoms with Crippen LogP contribution in [0.2, 0.25) is 0 Å². The number of amides is 1. The van der Waals surface area contributed by atoms with Crippen LogP contribution in [0.5, 0.6) is 5.75 Å². The van der Waals surface area contributed by atoms with E-state index in [-0.39, 0.29) is 17.0 Å². The van der Waals surface area contributed by atoms with E-state index in [9.17, 15) is 24.5 Å². The average molecular weight is 432 g/mol. The third kappa shape index (κ3) is 4.18. The van der Waals surface area contributed by atoms with Crippen molar-refractivity contribution in [1.82, 2.24) is 5.32 Å². The van der Waals surface area contributed by atoms with E-state index in [0.717, 1.165) is 11.3 Å². The summed E-state index contributed by atoms with van der Waals surface area (Å²) in [6, 6.07) is 5.99. The minimum absolute atomic E-state index is 0.136. The molecule has 0 bridgehead atoms. The average Bonchev–Trinajstić information content (AvgIpc) is 3.07. The van der Waals surface area contributed by atoms with E-state index in [0.29, 0.717) is 15.5 Å². The summed E-state index contributed by atoms with van der Waals surface area (Å²) in [4.78, 5) is 47.7. The van der Waals surface area contributed by atoms with Crippen molar-refractivity contribution in [2.75, 3.05) is 0 Å². The number of Topliss-reactive ketones (excluding diaryl/α,β-unsaturated/α-hetero) is 1. The SMILES string of the molecule is CC(=O)OC1C(NC(=O)c2ccc([N+](=O)[O-])cc2)c2sc(C(C)=O)cc2OC1(C)C. The number of hydrogen-bond donors (Lipinski definition) is 1. The Kier molecular flexibility index (Phi) is 5.62. The van der Waals surface area contributed by atoms with E-state index in [1.807, 2.05) is 0 Å². The Balaban J connectivity index is 1.99. The van der Waals surface area contributed by atoms with Crippen molar-refractivity contribution in [1.29, 1.82) is 0 Å². The zero-order chi connectivity index (χ0) is 22.2. The Morgan fingerprint density at radius 3 is 2.37 bits per heavy atom. The molecule has 3 rings (SSSR count). The normalized spacial score (nSPS) is 19.2. The summed E-state index contributed by atoms with van der Waals surface area (Å²) in [6.07, 6.45) is -0.858. The summed E-state index contributed by atoms with van der Waals surface area (Å²) < 4.78 is 11.5. The second-order valence-corrected chi connectivity index (χ2v) is 8.47. The van der Waals surface area contributed by atoms with Crippen LogP contribution in [-0.4, -0.2) is 34.3 Å². The van der Waals surface area contributed by atoms with Gasteiger partial charge in [-0.3, -0.25) is 24.5 Å². The van der Waals surface area contributed by atoms with E-state index in [4.69, 9.17) is 9.47 Å². The number of non-ortho nitro benzene ring substituents is 1. The lowest BCUT2D eigenvalue weighted by Crippen LogP contribution is -2.54. The molecule has 10 heteroatoms. The molecule has 1 aliphatic heterocycles. The van der Waals surface area contributed by atoms with Gasteiger partial charge in [-0.05, 0) is 32.9 Å². The summed E-state index contributed by atoms with van der Waals surface area (Å²) >= 11 is 1.16. The lowest BCUT2D eigenvalue weighted by molar-refractivity contribution is -0.384. The quantitative estimate of drug-likeness (QED) is 0.332. The van der Waals surface area contributed by atoms with Gasteiger partial charge in [0.05, 0.1) is 14.7 Å². The fourth-order valence-electron chi connectivity index (χ4n) is 3.23. The van der Waals surface area contributed by atoms with Gasteiger partial charge in [-0.15, -0.1) is 11.3 Å². The lowest BCUT2D eigenvalue weighted by atomic mass is 9.90. The predicted octanol–water partition coefficient (Wildman–Crippen LogP) is 3.43. The maximum Gasteiger partial charge on any atom is 0.303 e. The number of thiophene rings is 1. The number of fused-ring (bicyclic) bond motifs is 1. The van der Waals surface area contributed by atoms with Gasteiger partial charge in [0, 0.05) is 30.7 Å². The molecule has 30 heavy (non-hydrogen) atoms. The van der Waals surface area contributed by atoms with E-state index >= 15 is 0 Å². The maximum absolute atomic E-state index is 12.9. The van der Waals surface area contributed by atoms with E-state index in [1.54, 1.807) is 19.9 Å². The largest absolute Gasteiger partial charge is 0.483 e. The highest BCUT2D eigenvalue weighted by atomic mass is 32.1. The summed E-state index contributed by atoms with van der Waals surface area (Å²) in [6.45, 7) is 6.13. The van der Waals surface area contributed by atoms with Crippen LogP contribution < -0.4 is 10.1 Å². The predicted molar refractivity (Wildman–Crippen MR) is 108 cm³/mol. The Morgan fingerprint density at radius 1 is 1.20 bits per heavy atom. The molecule has 0 spiro atoms. The Hall–Kier alpha value is -3.27. The number of ether oxygens (including phenoxy) is 2. The zero-order valence-corrected chi connectivity index (χ0v) is 17.6.